The van der Waals surface area contributed by atoms with E-state index in [2.05, 4.69) is 0 Å². The smallest absolute Gasteiger partial charge is 0.422 e. The number of carbonyl (C=O) groups excluding carboxylic acids is 2. The summed E-state index contributed by atoms with van der Waals surface area (Å²) >= 11 is 0. The van der Waals surface area contributed by atoms with Crippen molar-refractivity contribution in [3.05, 3.63) is 59.9 Å². The van der Waals surface area contributed by atoms with E-state index in [1.807, 2.05) is 6.92 Å². The molecule has 9 heteroatoms. The summed E-state index contributed by atoms with van der Waals surface area (Å²) in [6.45, 7) is 1.86. The fourth-order valence-electron chi connectivity index (χ4n) is 4.57. The molecule has 33 heavy (non-hydrogen) atoms. The second kappa shape index (κ2) is 8.68. The Bertz CT molecular complexity index is 1020. The molecule has 0 saturated carbocycles. The molecule has 2 aromatic carbocycles. The number of benzene rings is 2. The third kappa shape index (κ3) is 5.12. The topological polar surface area (TPSA) is 49.9 Å². The van der Waals surface area contributed by atoms with E-state index in [1.54, 1.807) is 34.1 Å². The molecule has 0 aliphatic carbocycles. The van der Waals surface area contributed by atoms with Crippen LogP contribution in [0.5, 0.6) is 5.75 Å². The third-order valence-corrected chi connectivity index (χ3v) is 6.44. The molecule has 2 amide bonds. The molecule has 176 valence electrons. The van der Waals surface area contributed by atoms with Crippen molar-refractivity contribution in [3.8, 4) is 5.75 Å². The van der Waals surface area contributed by atoms with Crippen LogP contribution in [0.1, 0.15) is 18.9 Å². The minimum atomic E-state index is -4.42. The van der Waals surface area contributed by atoms with Crippen molar-refractivity contribution < 1.29 is 31.9 Å². The van der Waals surface area contributed by atoms with Gasteiger partial charge in [-0.2, -0.15) is 13.2 Å². The lowest BCUT2D eigenvalue weighted by Crippen LogP contribution is -2.50. The summed E-state index contributed by atoms with van der Waals surface area (Å²) in [5, 5.41) is 0. The van der Waals surface area contributed by atoms with Crippen molar-refractivity contribution in [3.63, 3.8) is 0 Å². The Balaban J connectivity index is 1.41. The van der Waals surface area contributed by atoms with Crippen LogP contribution < -0.4 is 9.64 Å². The van der Waals surface area contributed by atoms with E-state index in [1.165, 1.54) is 24.3 Å². The zero-order valence-electron chi connectivity index (χ0n) is 18.1. The first-order valence-corrected chi connectivity index (χ1v) is 10.7. The lowest BCUT2D eigenvalue weighted by atomic mass is 9.73. The molecule has 2 unspecified atom stereocenters. The SMILES string of the molecule is CC12CCN(c3ccc(OCC(F)(F)F)cc3)C(=O)C1CN(C(=O)Cc1ccc(F)cc1)C2. The Morgan fingerprint density at radius 1 is 1.12 bits per heavy atom. The lowest BCUT2D eigenvalue weighted by Gasteiger charge is -2.40. The zero-order chi connectivity index (χ0) is 23.8. The monoisotopic (exact) mass is 464 g/mol. The van der Waals surface area contributed by atoms with E-state index >= 15 is 0 Å². The summed E-state index contributed by atoms with van der Waals surface area (Å²) < 4.78 is 54.8. The number of amides is 2. The van der Waals surface area contributed by atoms with Gasteiger partial charge in [0.25, 0.3) is 0 Å². The lowest BCUT2D eigenvalue weighted by molar-refractivity contribution is -0.153. The standard InChI is InChI=1S/C24H24F4N2O3/c1-23-10-11-30(18-6-8-19(9-7-18)33-15-24(26,27)28)22(32)20(23)13-29(14-23)21(31)12-16-2-4-17(25)5-3-16/h2-9,20H,10-15H2,1H3. The summed E-state index contributed by atoms with van der Waals surface area (Å²) in [4.78, 5) is 29.4. The minimum Gasteiger partial charge on any atom is -0.484 e. The fraction of sp³-hybridized carbons (Fsp3) is 0.417. The molecule has 2 saturated heterocycles. The van der Waals surface area contributed by atoms with Crippen molar-refractivity contribution in [1.29, 1.82) is 0 Å². The van der Waals surface area contributed by atoms with Crippen LogP contribution in [0.3, 0.4) is 0 Å². The number of hydrogen-bond acceptors (Lipinski definition) is 3. The van der Waals surface area contributed by atoms with Gasteiger partial charge in [-0.15, -0.1) is 0 Å². The molecular weight excluding hydrogens is 440 g/mol. The van der Waals surface area contributed by atoms with E-state index in [4.69, 9.17) is 4.74 Å². The number of likely N-dealkylation sites (tertiary alicyclic amines) is 1. The molecule has 2 fully saturated rings. The Labute approximate surface area is 188 Å². The quantitative estimate of drug-likeness (QED) is 0.623. The predicted octanol–water partition coefficient (Wildman–Crippen LogP) is 4.21. The highest BCUT2D eigenvalue weighted by molar-refractivity contribution is 5.97. The number of piperidine rings is 1. The number of nitrogens with zero attached hydrogens (tertiary/aromatic N) is 2. The van der Waals surface area contributed by atoms with Crippen molar-refractivity contribution in [1.82, 2.24) is 4.90 Å². The van der Waals surface area contributed by atoms with E-state index < -0.39 is 12.8 Å². The van der Waals surface area contributed by atoms with Crippen LogP contribution in [0.4, 0.5) is 23.2 Å². The molecule has 2 aliphatic heterocycles. The molecular formula is C24H24F4N2O3. The first kappa shape index (κ1) is 23.1. The molecule has 2 heterocycles. The number of rotatable bonds is 5. The maximum Gasteiger partial charge on any atom is 0.422 e. The van der Waals surface area contributed by atoms with Crippen LogP contribution >= 0.6 is 0 Å². The number of ether oxygens (including phenoxy) is 1. The normalized spacial score (nSPS) is 22.9. The van der Waals surface area contributed by atoms with Gasteiger partial charge in [-0.1, -0.05) is 19.1 Å². The summed E-state index contributed by atoms with van der Waals surface area (Å²) in [6, 6.07) is 11.7. The average molecular weight is 464 g/mol. The maximum absolute atomic E-state index is 13.3. The van der Waals surface area contributed by atoms with Crippen molar-refractivity contribution in [2.45, 2.75) is 25.9 Å². The Kier molecular flexibility index (Phi) is 6.07. The average Bonchev–Trinajstić information content (AvgIpc) is 3.13. The van der Waals surface area contributed by atoms with E-state index in [0.29, 0.717) is 37.3 Å². The molecule has 0 bridgehead atoms. The van der Waals surface area contributed by atoms with E-state index in [-0.39, 0.29) is 41.1 Å². The van der Waals surface area contributed by atoms with Gasteiger partial charge < -0.3 is 14.5 Å². The molecule has 2 aliphatic rings. The molecule has 0 N–H and O–H groups in total. The molecule has 5 nitrogen and oxygen atoms in total. The van der Waals surface area contributed by atoms with Crippen LogP contribution in [0.2, 0.25) is 0 Å². The van der Waals surface area contributed by atoms with E-state index in [0.717, 1.165) is 0 Å². The number of anilines is 1. The highest BCUT2D eigenvalue weighted by Crippen LogP contribution is 2.44. The first-order chi connectivity index (χ1) is 15.5. The van der Waals surface area contributed by atoms with Gasteiger partial charge in [-0.25, -0.2) is 4.39 Å². The van der Waals surface area contributed by atoms with Gasteiger partial charge >= 0.3 is 6.18 Å². The maximum atomic E-state index is 13.3. The summed E-state index contributed by atoms with van der Waals surface area (Å²) in [6.07, 6.45) is -3.59. The van der Waals surface area contributed by atoms with Crippen molar-refractivity contribution in [2.75, 3.05) is 31.1 Å². The van der Waals surface area contributed by atoms with Gasteiger partial charge in [0.2, 0.25) is 11.8 Å². The summed E-state index contributed by atoms with van der Waals surface area (Å²) in [5.74, 6) is -0.877. The third-order valence-electron chi connectivity index (χ3n) is 6.44. The number of alkyl halides is 3. The molecule has 0 spiro atoms. The number of halogens is 4. The Morgan fingerprint density at radius 2 is 1.79 bits per heavy atom. The minimum absolute atomic E-state index is 0.0730. The molecule has 0 radical (unpaired) electrons. The summed E-state index contributed by atoms with van der Waals surface area (Å²) in [5.41, 5.74) is 0.946. The number of carbonyl (C=O) groups is 2. The summed E-state index contributed by atoms with van der Waals surface area (Å²) in [7, 11) is 0. The highest BCUT2D eigenvalue weighted by Gasteiger charge is 2.52. The second-order valence-corrected chi connectivity index (χ2v) is 8.92. The van der Waals surface area contributed by atoms with Crippen LogP contribution in [0.15, 0.2) is 48.5 Å². The van der Waals surface area contributed by atoms with Crippen molar-refractivity contribution >= 4 is 17.5 Å². The van der Waals surface area contributed by atoms with Gasteiger partial charge in [0.05, 0.1) is 12.3 Å². The second-order valence-electron chi connectivity index (χ2n) is 8.92. The van der Waals surface area contributed by atoms with Gasteiger partial charge in [0.1, 0.15) is 11.6 Å². The van der Waals surface area contributed by atoms with Gasteiger partial charge in [0, 0.05) is 30.7 Å². The largest absolute Gasteiger partial charge is 0.484 e. The van der Waals surface area contributed by atoms with Gasteiger partial charge in [0.15, 0.2) is 6.61 Å². The van der Waals surface area contributed by atoms with Crippen LogP contribution in [-0.2, 0) is 16.0 Å². The number of fused-ring (bicyclic) bond motifs is 1. The molecule has 2 aromatic rings. The Morgan fingerprint density at radius 3 is 2.42 bits per heavy atom. The van der Waals surface area contributed by atoms with Crippen LogP contribution in [-0.4, -0.2) is 49.1 Å². The van der Waals surface area contributed by atoms with Crippen LogP contribution in [0.25, 0.3) is 0 Å². The zero-order valence-corrected chi connectivity index (χ0v) is 18.1. The van der Waals surface area contributed by atoms with E-state index in [9.17, 15) is 27.2 Å². The molecule has 2 atom stereocenters. The molecule has 4 rings (SSSR count). The van der Waals surface area contributed by atoms with Gasteiger partial charge in [-0.3, -0.25) is 9.59 Å². The predicted molar refractivity (Wildman–Crippen MR) is 113 cm³/mol. The Hall–Kier alpha value is -3.10. The highest BCUT2D eigenvalue weighted by atomic mass is 19.4. The molecule has 0 aromatic heterocycles. The van der Waals surface area contributed by atoms with Gasteiger partial charge in [-0.05, 0) is 48.4 Å². The van der Waals surface area contributed by atoms with Crippen molar-refractivity contribution in [2.24, 2.45) is 11.3 Å². The van der Waals surface area contributed by atoms with Crippen LogP contribution in [0, 0.1) is 17.2 Å². The number of hydrogen-bond donors (Lipinski definition) is 0. The first-order valence-electron chi connectivity index (χ1n) is 10.7. The fourth-order valence-corrected chi connectivity index (χ4v) is 4.57.